The van der Waals surface area contributed by atoms with Crippen molar-refractivity contribution in [2.75, 3.05) is 24.6 Å². The van der Waals surface area contributed by atoms with Crippen molar-refractivity contribution in [3.63, 3.8) is 0 Å². The van der Waals surface area contributed by atoms with Crippen molar-refractivity contribution in [1.82, 2.24) is 9.97 Å². The number of ether oxygens (including phenoxy) is 1. The fourth-order valence-corrected chi connectivity index (χ4v) is 2.13. The molecule has 0 radical (unpaired) electrons. The largest absolute Gasteiger partial charge is 0.392 e. The van der Waals surface area contributed by atoms with E-state index in [1.54, 1.807) is 12.4 Å². The van der Waals surface area contributed by atoms with Crippen molar-refractivity contribution in [2.45, 2.75) is 38.9 Å². The molecular formula is C13H21N3O2. The smallest absolute Gasteiger partial charge is 0.225 e. The summed E-state index contributed by atoms with van der Waals surface area (Å²) in [7, 11) is 0. The number of aromatic nitrogens is 2. The first kappa shape index (κ1) is 13.2. The van der Waals surface area contributed by atoms with Crippen LogP contribution in [-0.4, -0.2) is 40.9 Å². The Kier molecular flexibility index (Phi) is 4.90. The Labute approximate surface area is 108 Å². The molecule has 2 heterocycles. The Morgan fingerprint density at radius 3 is 2.89 bits per heavy atom. The van der Waals surface area contributed by atoms with Crippen molar-refractivity contribution >= 4 is 5.95 Å². The normalized spacial score (nSPS) is 20.1. The molecule has 0 aliphatic carbocycles. The lowest BCUT2D eigenvalue weighted by Gasteiger charge is -2.32. The van der Waals surface area contributed by atoms with Crippen molar-refractivity contribution in [2.24, 2.45) is 0 Å². The molecule has 1 atom stereocenters. The fraction of sp³-hybridized carbons (Fsp3) is 0.692. The Bertz CT molecular complexity index is 356. The van der Waals surface area contributed by atoms with Crippen molar-refractivity contribution in [3.8, 4) is 0 Å². The van der Waals surface area contributed by atoms with Crippen LogP contribution in [0.25, 0.3) is 0 Å². The molecule has 1 aliphatic rings. The second-order valence-electron chi connectivity index (χ2n) is 4.63. The molecule has 0 saturated carbocycles. The SMILES string of the molecule is CCCOC1CCCN(c2ncc(CO)cn2)C1. The molecule has 1 saturated heterocycles. The highest BCUT2D eigenvalue weighted by Gasteiger charge is 2.21. The van der Waals surface area contributed by atoms with Gasteiger partial charge in [-0.05, 0) is 19.3 Å². The highest BCUT2D eigenvalue weighted by atomic mass is 16.5. The molecule has 0 bridgehead atoms. The maximum absolute atomic E-state index is 8.96. The summed E-state index contributed by atoms with van der Waals surface area (Å²) in [5, 5.41) is 8.96. The third-order valence-corrected chi connectivity index (χ3v) is 3.09. The van der Waals surface area contributed by atoms with Gasteiger partial charge < -0.3 is 14.7 Å². The zero-order chi connectivity index (χ0) is 12.8. The van der Waals surface area contributed by atoms with Gasteiger partial charge in [0.25, 0.3) is 0 Å². The van der Waals surface area contributed by atoms with Gasteiger partial charge >= 0.3 is 0 Å². The molecule has 1 aromatic heterocycles. The van der Waals surface area contributed by atoms with E-state index in [1.165, 1.54) is 0 Å². The maximum atomic E-state index is 8.96. The van der Waals surface area contributed by atoms with Gasteiger partial charge in [0.05, 0.1) is 12.7 Å². The highest BCUT2D eigenvalue weighted by Crippen LogP contribution is 2.17. The lowest BCUT2D eigenvalue weighted by molar-refractivity contribution is 0.0437. The molecule has 2 rings (SSSR count). The molecule has 0 amide bonds. The van der Waals surface area contributed by atoms with Gasteiger partial charge in [-0.2, -0.15) is 0 Å². The third kappa shape index (κ3) is 3.40. The average Bonchev–Trinajstić information content (AvgIpc) is 2.45. The van der Waals surface area contributed by atoms with Crippen LogP contribution >= 0.6 is 0 Å². The van der Waals surface area contributed by atoms with Gasteiger partial charge in [0.2, 0.25) is 5.95 Å². The van der Waals surface area contributed by atoms with Gasteiger partial charge in [-0.1, -0.05) is 6.92 Å². The molecule has 5 heteroatoms. The fourth-order valence-electron chi connectivity index (χ4n) is 2.13. The zero-order valence-electron chi connectivity index (χ0n) is 10.9. The van der Waals surface area contributed by atoms with Gasteiger partial charge in [0, 0.05) is 37.7 Å². The highest BCUT2D eigenvalue weighted by molar-refractivity contribution is 5.30. The molecule has 0 aromatic carbocycles. The number of hydrogen-bond acceptors (Lipinski definition) is 5. The summed E-state index contributed by atoms with van der Waals surface area (Å²) in [6.45, 7) is 4.77. The van der Waals surface area contributed by atoms with Crippen LogP contribution in [0.2, 0.25) is 0 Å². The van der Waals surface area contributed by atoms with E-state index >= 15 is 0 Å². The first-order valence-electron chi connectivity index (χ1n) is 6.61. The topological polar surface area (TPSA) is 58.5 Å². The monoisotopic (exact) mass is 251 g/mol. The van der Waals surface area contributed by atoms with E-state index in [0.717, 1.165) is 50.5 Å². The molecule has 1 N–H and O–H groups in total. The Morgan fingerprint density at radius 1 is 1.44 bits per heavy atom. The van der Waals surface area contributed by atoms with E-state index < -0.39 is 0 Å². The van der Waals surface area contributed by atoms with Crippen LogP contribution in [0.15, 0.2) is 12.4 Å². The predicted octanol–water partition coefficient (Wildman–Crippen LogP) is 1.36. The standard InChI is InChI=1S/C13H21N3O2/c1-2-6-18-12-4-3-5-16(9-12)13-14-7-11(10-17)8-15-13/h7-8,12,17H,2-6,9-10H2,1H3. The van der Waals surface area contributed by atoms with Gasteiger partial charge in [0.1, 0.15) is 0 Å². The van der Waals surface area contributed by atoms with Crippen LogP contribution < -0.4 is 4.90 Å². The number of rotatable bonds is 5. The molecule has 5 nitrogen and oxygen atoms in total. The van der Waals surface area contributed by atoms with Crippen LogP contribution in [0.4, 0.5) is 5.95 Å². The first-order valence-corrected chi connectivity index (χ1v) is 6.61. The van der Waals surface area contributed by atoms with E-state index in [4.69, 9.17) is 9.84 Å². The summed E-state index contributed by atoms with van der Waals surface area (Å²) in [5.41, 5.74) is 0.745. The molecule has 1 aliphatic heterocycles. The average molecular weight is 251 g/mol. The Hall–Kier alpha value is -1.20. The number of nitrogens with zero attached hydrogens (tertiary/aromatic N) is 3. The lowest BCUT2D eigenvalue weighted by atomic mass is 10.1. The molecular weight excluding hydrogens is 230 g/mol. The summed E-state index contributed by atoms with van der Waals surface area (Å²) < 4.78 is 5.79. The Morgan fingerprint density at radius 2 is 2.22 bits per heavy atom. The minimum atomic E-state index is -0.0114. The van der Waals surface area contributed by atoms with E-state index in [9.17, 15) is 0 Å². The summed E-state index contributed by atoms with van der Waals surface area (Å²) in [6, 6.07) is 0. The number of aliphatic hydroxyl groups is 1. The Balaban J connectivity index is 1.94. The van der Waals surface area contributed by atoms with E-state index in [2.05, 4.69) is 21.8 Å². The second-order valence-corrected chi connectivity index (χ2v) is 4.63. The van der Waals surface area contributed by atoms with E-state index in [-0.39, 0.29) is 6.61 Å². The third-order valence-electron chi connectivity index (χ3n) is 3.09. The van der Waals surface area contributed by atoms with Crippen LogP contribution in [0.3, 0.4) is 0 Å². The summed E-state index contributed by atoms with van der Waals surface area (Å²) >= 11 is 0. The number of anilines is 1. The molecule has 0 spiro atoms. The second kappa shape index (κ2) is 6.66. The number of piperidine rings is 1. The minimum Gasteiger partial charge on any atom is -0.392 e. The molecule has 1 aromatic rings. The first-order chi connectivity index (χ1) is 8.83. The summed E-state index contributed by atoms with van der Waals surface area (Å²) in [4.78, 5) is 10.7. The van der Waals surface area contributed by atoms with Crippen LogP contribution in [0.5, 0.6) is 0 Å². The number of aliphatic hydroxyl groups excluding tert-OH is 1. The zero-order valence-corrected chi connectivity index (χ0v) is 10.9. The van der Waals surface area contributed by atoms with Gasteiger partial charge in [-0.3, -0.25) is 0 Å². The predicted molar refractivity (Wildman–Crippen MR) is 69.4 cm³/mol. The maximum Gasteiger partial charge on any atom is 0.225 e. The molecule has 1 fully saturated rings. The summed E-state index contributed by atoms with van der Waals surface area (Å²) in [6.07, 6.45) is 6.93. The van der Waals surface area contributed by atoms with E-state index in [0.29, 0.717) is 6.10 Å². The van der Waals surface area contributed by atoms with Crippen molar-refractivity contribution in [3.05, 3.63) is 18.0 Å². The molecule has 1 unspecified atom stereocenters. The van der Waals surface area contributed by atoms with Crippen molar-refractivity contribution < 1.29 is 9.84 Å². The molecule has 18 heavy (non-hydrogen) atoms. The van der Waals surface area contributed by atoms with Crippen LogP contribution in [0.1, 0.15) is 31.7 Å². The molecule has 100 valence electrons. The van der Waals surface area contributed by atoms with Gasteiger partial charge in [-0.15, -0.1) is 0 Å². The van der Waals surface area contributed by atoms with Crippen LogP contribution in [-0.2, 0) is 11.3 Å². The van der Waals surface area contributed by atoms with E-state index in [1.807, 2.05) is 0 Å². The van der Waals surface area contributed by atoms with Crippen molar-refractivity contribution in [1.29, 1.82) is 0 Å². The summed E-state index contributed by atoms with van der Waals surface area (Å²) in [5.74, 6) is 0.733. The minimum absolute atomic E-state index is 0.0114. The van der Waals surface area contributed by atoms with Gasteiger partial charge in [0.15, 0.2) is 0 Å². The number of hydrogen-bond donors (Lipinski definition) is 1. The lowest BCUT2D eigenvalue weighted by Crippen LogP contribution is -2.40. The van der Waals surface area contributed by atoms with Gasteiger partial charge in [-0.25, -0.2) is 9.97 Å². The van der Waals surface area contributed by atoms with Crippen LogP contribution in [0, 0.1) is 0 Å². The quantitative estimate of drug-likeness (QED) is 0.856.